The second-order valence-corrected chi connectivity index (χ2v) is 7.74. The van der Waals surface area contributed by atoms with Crippen molar-refractivity contribution < 1.29 is 9.90 Å². The summed E-state index contributed by atoms with van der Waals surface area (Å²) in [6, 6.07) is 16.7. The van der Waals surface area contributed by atoms with E-state index in [9.17, 15) is 9.90 Å². The van der Waals surface area contributed by atoms with Gasteiger partial charge in [-0.3, -0.25) is 9.69 Å². The molecule has 0 aliphatic carbocycles. The first-order chi connectivity index (χ1) is 14.6. The molecule has 0 saturated carbocycles. The van der Waals surface area contributed by atoms with Crippen LogP contribution in [-0.4, -0.2) is 58.4 Å². The van der Waals surface area contributed by atoms with Crippen LogP contribution in [0.4, 0.5) is 11.5 Å². The van der Waals surface area contributed by atoms with Gasteiger partial charge in [0.05, 0.1) is 25.0 Å². The van der Waals surface area contributed by atoms with Crippen LogP contribution in [0.2, 0.25) is 5.02 Å². The monoisotopic (exact) mass is 425 g/mol. The smallest absolute Gasteiger partial charge is 0.239 e. The Morgan fingerprint density at radius 1 is 1.07 bits per heavy atom. The van der Waals surface area contributed by atoms with Gasteiger partial charge in [-0.15, -0.1) is 0 Å². The molecule has 2 heterocycles. The van der Waals surface area contributed by atoms with Gasteiger partial charge in [-0.1, -0.05) is 35.9 Å². The number of halogens is 1. The van der Waals surface area contributed by atoms with E-state index in [1.807, 2.05) is 42.5 Å². The fourth-order valence-corrected chi connectivity index (χ4v) is 3.85. The van der Waals surface area contributed by atoms with E-state index in [2.05, 4.69) is 20.2 Å². The molecular weight excluding hydrogens is 402 g/mol. The minimum absolute atomic E-state index is 0.0705. The molecule has 8 heteroatoms. The summed E-state index contributed by atoms with van der Waals surface area (Å²) in [6.45, 7) is 3.88. The summed E-state index contributed by atoms with van der Waals surface area (Å²) in [4.78, 5) is 16.8. The molecule has 7 nitrogen and oxygen atoms in total. The number of nitrogens with one attached hydrogen (secondary N) is 1. The maximum absolute atomic E-state index is 12.6. The Morgan fingerprint density at radius 3 is 2.63 bits per heavy atom. The number of hydrogen-bond donors (Lipinski definition) is 2. The molecule has 1 aliphatic rings. The van der Waals surface area contributed by atoms with Crippen LogP contribution in [0.15, 0.2) is 60.8 Å². The highest BCUT2D eigenvalue weighted by Gasteiger charge is 2.21. The van der Waals surface area contributed by atoms with E-state index in [-0.39, 0.29) is 11.7 Å². The zero-order valence-electron chi connectivity index (χ0n) is 16.5. The van der Waals surface area contributed by atoms with E-state index in [0.29, 0.717) is 23.9 Å². The van der Waals surface area contributed by atoms with Crippen molar-refractivity contribution in [1.82, 2.24) is 14.7 Å². The van der Waals surface area contributed by atoms with Crippen LogP contribution in [0.25, 0.3) is 0 Å². The Hall–Kier alpha value is -3.03. The number of hydrogen-bond acceptors (Lipinski definition) is 5. The van der Waals surface area contributed by atoms with Crippen LogP contribution in [0, 0.1) is 0 Å². The van der Waals surface area contributed by atoms with Crippen molar-refractivity contribution in [2.75, 3.05) is 42.9 Å². The number of carbonyl (C=O) groups is 1. The lowest BCUT2D eigenvalue weighted by atomic mass is 10.2. The molecule has 0 unspecified atom stereocenters. The molecule has 2 aromatic carbocycles. The second-order valence-electron chi connectivity index (χ2n) is 7.30. The number of phenolic OH excluding ortho intramolecular Hbond substituents is 1. The fraction of sp³-hybridized carbons (Fsp3) is 0.273. The molecule has 0 bridgehead atoms. The predicted molar refractivity (Wildman–Crippen MR) is 118 cm³/mol. The minimum Gasteiger partial charge on any atom is -0.506 e. The van der Waals surface area contributed by atoms with Gasteiger partial charge in [-0.25, -0.2) is 4.68 Å². The first kappa shape index (κ1) is 20.3. The molecule has 1 saturated heterocycles. The zero-order chi connectivity index (χ0) is 20.9. The Labute approximate surface area is 180 Å². The molecule has 30 heavy (non-hydrogen) atoms. The lowest BCUT2D eigenvalue weighted by Crippen LogP contribution is -2.48. The zero-order valence-corrected chi connectivity index (χ0v) is 17.3. The Morgan fingerprint density at radius 2 is 1.87 bits per heavy atom. The van der Waals surface area contributed by atoms with Gasteiger partial charge < -0.3 is 15.3 Å². The third-order valence-corrected chi connectivity index (χ3v) is 5.40. The summed E-state index contributed by atoms with van der Waals surface area (Å²) in [6.07, 6.45) is 1.67. The summed E-state index contributed by atoms with van der Waals surface area (Å²) in [5, 5.41) is 18.0. The van der Waals surface area contributed by atoms with Crippen molar-refractivity contribution in [3.63, 3.8) is 0 Å². The molecule has 0 spiro atoms. The van der Waals surface area contributed by atoms with Crippen LogP contribution in [0.3, 0.4) is 0 Å². The number of carbonyl (C=O) groups excluding carboxylic acids is 1. The third kappa shape index (κ3) is 4.93. The normalized spacial score (nSPS) is 14.6. The molecule has 1 aliphatic heterocycles. The average Bonchev–Trinajstić information content (AvgIpc) is 3.15. The number of para-hydroxylation sites is 2. The number of nitrogens with zero attached hydrogens (tertiary/aromatic N) is 4. The number of rotatable bonds is 6. The van der Waals surface area contributed by atoms with E-state index in [4.69, 9.17) is 11.6 Å². The summed E-state index contributed by atoms with van der Waals surface area (Å²) in [5.41, 5.74) is 1.86. The molecule has 1 amide bonds. The third-order valence-electron chi connectivity index (χ3n) is 5.17. The second kappa shape index (κ2) is 9.19. The highest BCUT2D eigenvalue weighted by Crippen LogP contribution is 2.27. The molecule has 3 aromatic rings. The summed E-state index contributed by atoms with van der Waals surface area (Å²) < 4.78 is 1.75. The van der Waals surface area contributed by atoms with Crippen LogP contribution in [0.1, 0.15) is 5.56 Å². The van der Waals surface area contributed by atoms with Gasteiger partial charge >= 0.3 is 0 Å². The number of benzene rings is 2. The highest BCUT2D eigenvalue weighted by molar-refractivity contribution is 6.30. The minimum atomic E-state index is -0.0705. The molecule has 1 fully saturated rings. The van der Waals surface area contributed by atoms with Crippen molar-refractivity contribution in [2.45, 2.75) is 6.54 Å². The SMILES string of the molecule is O=C(CN1CCN(c2ccccc2O)CC1)Nc1ccnn1Cc1cccc(Cl)c1. The van der Waals surface area contributed by atoms with Crippen LogP contribution in [0.5, 0.6) is 5.75 Å². The number of anilines is 2. The molecule has 2 N–H and O–H groups in total. The Bertz CT molecular complexity index is 1010. The number of aromatic hydroxyl groups is 1. The van der Waals surface area contributed by atoms with Crippen molar-refractivity contribution in [2.24, 2.45) is 0 Å². The standard InChI is InChI=1S/C22H24ClN5O2/c23-18-5-3-4-17(14-18)15-28-21(8-9-24-28)25-22(30)16-26-10-12-27(13-11-26)19-6-1-2-7-20(19)29/h1-9,14,29H,10-13,15-16H2,(H,25,30). The lowest BCUT2D eigenvalue weighted by molar-refractivity contribution is -0.117. The van der Waals surface area contributed by atoms with Gasteiger partial charge in [-0.2, -0.15) is 5.10 Å². The Kier molecular flexibility index (Phi) is 6.21. The van der Waals surface area contributed by atoms with Gasteiger partial charge in [-0.05, 0) is 29.8 Å². The maximum atomic E-state index is 12.6. The molecule has 4 rings (SSSR count). The largest absolute Gasteiger partial charge is 0.506 e. The first-order valence-corrected chi connectivity index (χ1v) is 10.3. The summed E-state index contributed by atoms with van der Waals surface area (Å²) >= 11 is 6.05. The maximum Gasteiger partial charge on any atom is 0.239 e. The van der Waals surface area contributed by atoms with E-state index in [1.165, 1.54) is 0 Å². The van der Waals surface area contributed by atoms with Gasteiger partial charge in [0.15, 0.2) is 0 Å². The number of aromatic nitrogens is 2. The topological polar surface area (TPSA) is 73.6 Å². The van der Waals surface area contributed by atoms with Gasteiger partial charge in [0.25, 0.3) is 0 Å². The van der Waals surface area contributed by atoms with Gasteiger partial charge in [0.2, 0.25) is 5.91 Å². The fourth-order valence-electron chi connectivity index (χ4n) is 3.64. The molecular formula is C22H24ClN5O2. The van der Waals surface area contributed by atoms with E-state index in [1.54, 1.807) is 23.0 Å². The van der Waals surface area contributed by atoms with E-state index >= 15 is 0 Å². The van der Waals surface area contributed by atoms with Gasteiger partial charge in [0, 0.05) is 37.3 Å². The lowest BCUT2D eigenvalue weighted by Gasteiger charge is -2.35. The predicted octanol–water partition coefficient (Wildman–Crippen LogP) is 3.05. The average molecular weight is 426 g/mol. The molecule has 1 aromatic heterocycles. The molecule has 0 radical (unpaired) electrons. The van der Waals surface area contributed by atoms with Crippen LogP contribution < -0.4 is 10.2 Å². The van der Waals surface area contributed by atoms with Crippen molar-refractivity contribution in [1.29, 1.82) is 0 Å². The first-order valence-electron chi connectivity index (χ1n) is 9.90. The van der Waals surface area contributed by atoms with Crippen molar-refractivity contribution in [3.8, 4) is 5.75 Å². The van der Waals surface area contributed by atoms with E-state index in [0.717, 1.165) is 37.4 Å². The number of phenols is 1. The van der Waals surface area contributed by atoms with Crippen LogP contribution in [-0.2, 0) is 11.3 Å². The number of piperazine rings is 1. The Balaban J connectivity index is 1.30. The number of amides is 1. The van der Waals surface area contributed by atoms with Crippen molar-refractivity contribution >= 4 is 29.0 Å². The van der Waals surface area contributed by atoms with Gasteiger partial charge in [0.1, 0.15) is 11.6 Å². The quantitative estimate of drug-likeness (QED) is 0.635. The summed E-state index contributed by atoms with van der Waals surface area (Å²) in [5.74, 6) is 0.878. The van der Waals surface area contributed by atoms with Crippen LogP contribution >= 0.6 is 11.6 Å². The summed E-state index contributed by atoms with van der Waals surface area (Å²) in [7, 11) is 0. The highest BCUT2D eigenvalue weighted by atomic mass is 35.5. The van der Waals surface area contributed by atoms with Crippen molar-refractivity contribution in [3.05, 3.63) is 71.4 Å². The molecule has 0 atom stereocenters. The molecule has 156 valence electrons. The van der Waals surface area contributed by atoms with E-state index < -0.39 is 0 Å².